The Kier molecular flexibility index (Phi) is 5.82. The van der Waals surface area contributed by atoms with Gasteiger partial charge in [-0.2, -0.15) is 0 Å². The van der Waals surface area contributed by atoms with E-state index >= 15 is 0 Å². The Morgan fingerprint density at radius 1 is 1.07 bits per heavy atom. The Bertz CT molecular complexity index is 879. The first kappa shape index (κ1) is 19.4. The van der Waals surface area contributed by atoms with E-state index in [0.717, 1.165) is 5.56 Å². The number of halogens is 2. The predicted molar refractivity (Wildman–Crippen MR) is 104 cm³/mol. The van der Waals surface area contributed by atoms with Crippen LogP contribution in [0.15, 0.2) is 42.5 Å². The Morgan fingerprint density at radius 3 is 2.30 bits per heavy atom. The van der Waals surface area contributed by atoms with Crippen molar-refractivity contribution >= 4 is 40.9 Å². The molecule has 0 fully saturated rings. The molecule has 0 aromatic heterocycles. The summed E-state index contributed by atoms with van der Waals surface area (Å²) >= 11 is 12.0. The fourth-order valence-corrected chi connectivity index (χ4v) is 3.66. The normalized spacial score (nSPS) is 14.3. The highest BCUT2D eigenvalue weighted by molar-refractivity contribution is 6.35. The predicted octanol–water partition coefficient (Wildman–Crippen LogP) is 4.25. The summed E-state index contributed by atoms with van der Waals surface area (Å²) in [6.07, 6.45) is 0.585. The molecule has 1 aliphatic heterocycles. The van der Waals surface area contributed by atoms with Crippen LogP contribution >= 0.6 is 23.2 Å². The van der Waals surface area contributed by atoms with Gasteiger partial charge < -0.3 is 5.32 Å². The summed E-state index contributed by atoms with van der Waals surface area (Å²) < 4.78 is 0. The average molecular weight is 405 g/mol. The molecule has 1 heterocycles. The Morgan fingerprint density at radius 2 is 1.70 bits per heavy atom. The molecule has 0 spiro atoms. The van der Waals surface area contributed by atoms with Crippen LogP contribution in [0.4, 0.5) is 0 Å². The van der Waals surface area contributed by atoms with Crippen molar-refractivity contribution in [2.24, 2.45) is 0 Å². The number of rotatable bonds is 6. The van der Waals surface area contributed by atoms with Crippen LogP contribution in [0.2, 0.25) is 10.0 Å². The number of hydrogen-bond donors (Lipinski definition) is 1. The molecular formula is C20H18Cl2N2O3. The highest BCUT2D eigenvalue weighted by Gasteiger charge is 2.34. The molecule has 0 saturated carbocycles. The third kappa shape index (κ3) is 4.15. The van der Waals surface area contributed by atoms with E-state index in [4.69, 9.17) is 23.2 Å². The zero-order chi connectivity index (χ0) is 19.6. The number of carbonyl (C=O) groups excluding carboxylic acids is 3. The lowest BCUT2D eigenvalue weighted by Crippen LogP contribution is -2.32. The maximum Gasteiger partial charge on any atom is 0.261 e. The van der Waals surface area contributed by atoms with Gasteiger partial charge in [0.1, 0.15) is 0 Å². The van der Waals surface area contributed by atoms with Gasteiger partial charge in [0.2, 0.25) is 5.91 Å². The van der Waals surface area contributed by atoms with Crippen LogP contribution in [0.25, 0.3) is 0 Å². The summed E-state index contributed by atoms with van der Waals surface area (Å²) in [5, 5.41) is 3.88. The minimum atomic E-state index is -0.308. The lowest BCUT2D eigenvalue weighted by molar-refractivity contribution is -0.121. The van der Waals surface area contributed by atoms with E-state index in [-0.39, 0.29) is 36.7 Å². The third-order valence-corrected chi connectivity index (χ3v) is 5.03. The molecule has 7 heteroatoms. The number of fused-ring (bicyclic) bond motifs is 1. The monoisotopic (exact) mass is 404 g/mol. The van der Waals surface area contributed by atoms with Crippen molar-refractivity contribution in [3.63, 3.8) is 0 Å². The standard InChI is InChI=1S/C20H18Cl2N2O3/c1-12(14-9-8-13(21)11-17(14)22)23-18(25)7-4-10-24-19(26)15-5-2-3-6-16(15)20(24)27/h2-3,5-6,8-9,11-12H,4,7,10H2,1H3,(H,23,25). The van der Waals surface area contributed by atoms with Crippen molar-refractivity contribution < 1.29 is 14.4 Å². The maximum absolute atomic E-state index is 12.3. The van der Waals surface area contributed by atoms with E-state index in [2.05, 4.69) is 5.32 Å². The largest absolute Gasteiger partial charge is 0.350 e. The molecular weight excluding hydrogens is 387 g/mol. The number of hydrogen-bond acceptors (Lipinski definition) is 3. The van der Waals surface area contributed by atoms with Gasteiger partial charge in [0.25, 0.3) is 11.8 Å². The van der Waals surface area contributed by atoms with Crippen LogP contribution < -0.4 is 5.32 Å². The molecule has 1 N–H and O–H groups in total. The maximum atomic E-state index is 12.3. The van der Waals surface area contributed by atoms with Gasteiger partial charge in [-0.25, -0.2) is 0 Å². The smallest absolute Gasteiger partial charge is 0.261 e. The molecule has 2 aromatic rings. The second-order valence-corrected chi connectivity index (χ2v) is 7.21. The van der Waals surface area contributed by atoms with Gasteiger partial charge >= 0.3 is 0 Å². The SMILES string of the molecule is CC(NC(=O)CCCN1C(=O)c2ccccc2C1=O)c1ccc(Cl)cc1Cl. The molecule has 3 rings (SSSR count). The van der Waals surface area contributed by atoms with Crippen LogP contribution in [-0.4, -0.2) is 29.2 Å². The molecule has 3 amide bonds. The summed E-state index contributed by atoms with van der Waals surface area (Å²) in [5.74, 6) is -0.792. The van der Waals surface area contributed by atoms with Crippen molar-refractivity contribution in [1.82, 2.24) is 10.2 Å². The van der Waals surface area contributed by atoms with Crippen LogP contribution in [0.5, 0.6) is 0 Å². The van der Waals surface area contributed by atoms with Crippen molar-refractivity contribution in [2.45, 2.75) is 25.8 Å². The van der Waals surface area contributed by atoms with Gasteiger partial charge in [-0.3, -0.25) is 19.3 Å². The Balaban J connectivity index is 1.52. The van der Waals surface area contributed by atoms with Gasteiger partial charge in [0.15, 0.2) is 0 Å². The van der Waals surface area contributed by atoms with Crippen molar-refractivity contribution in [2.75, 3.05) is 6.54 Å². The minimum Gasteiger partial charge on any atom is -0.350 e. The fraction of sp³-hybridized carbons (Fsp3) is 0.250. The van der Waals surface area contributed by atoms with Crippen LogP contribution in [0, 0.1) is 0 Å². The fourth-order valence-electron chi connectivity index (χ4n) is 3.08. The number of benzene rings is 2. The Hall–Kier alpha value is -2.37. The molecule has 140 valence electrons. The summed E-state index contributed by atoms with van der Waals surface area (Å²) in [6.45, 7) is 2.03. The third-order valence-electron chi connectivity index (χ3n) is 4.47. The molecule has 0 saturated heterocycles. The molecule has 5 nitrogen and oxygen atoms in total. The molecule has 2 aromatic carbocycles. The van der Waals surface area contributed by atoms with E-state index in [9.17, 15) is 14.4 Å². The van der Waals surface area contributed by atoms with Crippen LogP contribution in [-0.2, 0) is 4.79 Å². The molecule has 0 aliphatic carbocycles. The van der Waals surface area contributed by atoms with Crippen molar-refractivity contribution in [1.29, 1.82) is 0 Å². The first-order chi connectivity index (χ1) is 12.9. The zero-order valence-electron chi connectivity index (χ0n) is 14.7. The van der Waals surface area contributed by atoms with Gasteiger partial charge in [-0.05, 0) is 43.2 Å². The van der Waals surface area contributed by atoms with E-state index in [1.165, 1.54) is 4.90 Å². The molecule has 0 radical (unpaired) electrons. The second kappa shape index (κ2) is 8.11. The van der Waals surface area contributed by atoms with Crippen molar-refractivity contribution in [3.05, 3.63) is 69.2 Å². The first-order valence-corrected chi connectivity index (χ1v) is 9.33. The van der Waals surface area contributed by atoms with E-state index in [1.54, 1.807) is 42.5 Å². The number of carbonyl (C=O) groups is 3. The molecule has 1 aliphatic rings. The first-order valence-electron chi connectivity index (χ1n) is 8.58. The number of imide groups is 1. The summed E-state index contributed by atoms with van der Waals surface area (Å²) in [4.78, 5) is 38.0. The van der Waals surface area contributed by atoms with Gasteiger partial charge in [-0.1, -0.05) is 41.4 Å². The van der Waals surface area contributed by atoms with Crippen LogP contribution in [0.1, 0.15) is 52.1 Å². The summed E-state index contributed by atoms with van der Waals surface area (Å²) in [7, 11) is 0. The van der Waals surface area contributed by atoms with E-state index in [1.807, 2.05) is 6.92 Å². The lowest BCUT2D eigenvalue weighted by Gasteiger charge is -2.17. The van der Waals surface area contributed by atoms with E-state index in [0.29, 0.717) is 27.6 Å². The molecule has 1 atom stereocenters. The topological polar surface area (TPSA) is 66.5 Å². The van der Waals surface area contributed by atoms with Crippen LogP contribution in [0.3, 0.4) is 0 Å². The number of nitrogens with zero attached hydrogens (tertiary/aromatic N) is 1. The molecule has 0 bridgehead atoms. The quantitative estimate of drug-likeness (QED) is 0.731. The zero-order valence-corrected chi connectivity index (χ0v) is 16.2. The van der Waals surface area contributed by atoms with Gasteiger partial charge in [-0.15, -0.1) is 0 Å². The van der Waals surface area contributed by atoms with E-state index < -0.39 is 0 Å². The molecule has 1 unspecified atom stereocenters. The van der Waals surface area contributed by atoms with Gasteiger partial charge in [0, 0.05) is 23.0 Å². The summed E-state index contributed by atoms with van der Waals surface area (Å²) in [5.41, 5.74) is 1.60. The number of nitrogens with one attached hydrogen (secondary N) is 1. The lowest BCUT2D eigenvalue weighted by atomic mass is 10.1. The minimum absolute atomic E-state index is 0.176. The van der Waals surface area contributed by atoms with Crippen molar-refractivity contribution in [3.8, 4) is 0 Å². The average Bonchev–Trinajstić information content (AvgIpc) is 2.87. The highest BCUT2D eigenvalue weighted by atomic mass is 35.5. The number of amides is 3. The summed E-state index contributed by atoms with van der Waals surface area (Å²) in [6, 6.07) is 11.6. The van der Waals surface area contributed by atoms with Gasteiger partial charge in [0.05, 0.1) is 17.2 Å². The second-order valence-electron chi connectivity index (χ2n) is 6.37. The molecule has 27 heavy (non-hydrogen) atoms. The Labute approximate surface area is 167 Å². The highest BCUT2D eigenvalue weighted by Crippen LogP contribution is 2.26.